The first kappa shape index (κ1) is 6.73. The first-order chi connectivity index (χ1) is 3.31. The Bertz CT molecular complexity index is 54.0. The highest BCUT2D eigenvalue weighted by Crippen LogP contribution is 2.02. The topological polar surface area (TPSA) is 17.1 Å². The summed E-state index contributed by atoms with van der Waals surface area (Å²) < 4.78 is 0. The molecule has 0 fully saturated rings. The van der Waals surface area contributed by atoms with Crippen LogP contribution in [-0.2, 0) is 4.79 Å². The quantitative estimate of drug-likeness (QED) is 0.369. The van der Waals surface area contributed by atoms with E-state index in [-0.39, 0.29) is 5.82 Å². The lowest BCUT2D eigenvalue weighted by Crippen LogP contribution is -1.90. The molecular formula is C5H11BO. The van der Waals surface area contributed by atoms with Crippen molar-refractivity contribution in [3.63, 3.8) is 0 Å². The minimum Gasteiger partial charge on any atom is -0.304 e. The highest BCUT2D eigenvalue weighted by Gasteiger charge is 1.93. The Kier molecular flexibility index (Phi) is 3.76. The lowest BCUT2D eigenvalue weighted by atomic mass is 9.85. The summed E-state index contributed by atoms with van der Waals surface area (Å²) in [5.74, 6) is 0.269. The number of hydrogen-bond acceptors (Lipinski definition) is 1. The van der Waals surface area contributed by atoms with Crippen LogP contribution in [0, 0.1) is 0 Å². The summed E-state index contributed by atoms with van der Waals surface area (Å²) in [6.45, 7) is 2.08. The molecular weight excluding hydrogens is 86.9 g/mol. The summed E-state index contributed by atoms with van der Waals surface area (Å²) in [7, 11) is 1.94. The van der Waals surface area contributed by atoms with Crippen molar-refractivity contribution in [3.8, 4) is 0 Å². The molecule has 40 valence electrons. The van der Waals surface area contributed by atoms with Gasteiger partial charge in [0, 0.05) is 0 Å². The first-order valence-corrected chi connectivity index (χ1v) is 2.76. The van der Waals surface area contributed by atoms with Crippen molar-refractivity contribution < 1.29 is 4.79 Å². The van der Waals surface area contributed by atoms with E-state index in [4.69, 9.17) is 0 Å². The third-order valence-corrected chi connectivity index (χ3v) is 0.976. The van der Waals surface area contributed by atoms with E-state index in [0.717, 1.165) is 19.1 Å². The molecule has 0 spiro atoms. The van der Waals surface area contributed by atoms with Crippen LogP contribution in [0.1, 0.15) is 19.8 Å². The Labute approximate surface area is 45.5 Å². The molecule has 0 aliphatic carbocycles. The van der Waals surface area contributed by atoms with Crippen LogP contribution in [-0.4, -0.2) is 14.1 Å². The highest BCUT2D eigenvalue weighted by atomic mass is 16.1. The summed E-state index contributed by atoms with van der Waals surface area (Å²) in [6, 6.07) is 0. The zero-order chi connectivity index (χ0) is 5.70. The van der Waals surface area contributed by atoms with Crippen molar-refractivity contribution in [1.29, 1.82) is 0 Å². The van der Waals surface area contributed by atoms with Gasteiger partial charge < -0.3 is 4.79 Å². The minimum atomic E-state index is 0.269. The highest BCUT2D eigenvalue weighted by molar-refractivity contribution is 6.19. The maximum Gasteiger partial charge on any atom is 0.115 e. The normalized spacial score (nSPS) is 13.3. The summed E-state index contributed by atoms with van der Waals surface area (Å²) >= 11 is 0. The van der Waals surface area contributed by atoms with Crippen molar-refractivity contribution in [2.75, 3.05) is 0 Å². The van der Waals surface area contributed by atoms with Crippen LogP contribution in [0.25, 0.3) is 0 Å². The summed E-state index contributed by atoms with van der Waals surface area (Å²) in [4.78, 5) is 9.89. The predicted molar refractivity (Wildman–Crippen MR) is 33.3 cm³/mol. The standard InChI is InChI=1S/C5H11BO/c1-2-3-5(6)4-7/h4-5H,2-3,6H2,1H3. The SMILES string of the molecule is BC(C=O)CCC. The molecule has 0 aliphatic rings. The van der Waals surface area contributed by atoms with Gasteiger partial charge in [-0.2, -0.15) is 0 Å². The molecule has 2 heteroatoms. The van der Waals surface area contributed by atoms with Crippen molar-refractivity contribution in [2.45, 2.75) is 25.6 Å². The van der Waals surface area contributed by atoms with Gasteiger partial charge in [0.15, 0.2) is 0 Å². The molecule has 1 unspecified atom stereocenters. The molecule has 0 saturated carbocycles. The molecule has 7 heavy (non-hydrogen) atoms. The number of aldehydes is 1. The summed E-state index contributed by atoms with van der Waals surface area (Å²) in [5.41, 5.74) is 0. The van der Waals surface area contributed by atoms with Gasteiger partial charge in [-0.3, -0.25) is 0 Å². The molecule has 0 aromatic heterocycles. The van der Waals surface area contributed by atoms with E-state index < -0.39 is 0 Å². The van der Waals surface area contributed by atoms with E-state index in [9.17, 15) is 4.79 Å². The fourth-order valence-electron chi connectivity index (χ4n) is 0.523. The second kappa shape index (κ2) is 3.91. The van der Waals surface area contributed by atoms with Crippen LogP contribution in [0.4, 0.5) is 0 Å². The van der Waals surface area contributed by atoms with Crippen LogP contribution in [0.2, 0.25) is 5.82 Å². The molecule has 1 nitrogen and oxygen atoms in total. The Morgan fingerprint density at radius 2 is 2.43 bits per heavy atom. The molecule has 0 saturated heterocycles. The van der Waals surface area contributed by atoms with Crippen LogP contribution in [0.15, 0.2) is 0 Å². The number of carbonyl (C=O) groups is 1. The third kappa shape index (κ3) is 3.57. The van der Waals surface area contributed by atoms with Crippen molar-refractivity contribution in [2.24, 2.45) is 0 Å². The van der Waals surface area contributed by atoms with Crippen LogP contribution >= 0.6 is 0 Å². The molecule has 0 aliphatic heterocycles. The van der Waals surface area contributed by atoms with Crippen LogP contribution in [0.3, 0.4) is 0 Å². The van der Waals surface area contributed by atoms with Crippen molar-refractivity contribution in [1.82, 2.24) is 0 Å². The van der Waals surface area contributed by atoms with Gasteiger partial charge in [-0.05, 0) is 5.82 Å². The van der Waals surface area contributed by atoms with E-state index in [1.54, 1.807) is 0 Å². The van der Waals surface area contributed by atoms with Crippen LogP contribution in [0.5, 0.6) is 0 Å². The smallest absolute Gasteiger partial charge is 0.115 e. The molecule has 0 radical (unpaired) electrons. The van der Waals surface area contributed by atoms with E-state index in [1.807, 2.05) is 7.85 Å². The van der Waals surface area contributed by atoms with Gasteiger partial charge in [0.2, 0.25) is 0 Å². The van der Waals surface area contributed by atoms with Gasteiger partial charge in [0.1, 0.15) is 14.1 Å². The maximum absolute atomic E-state index is 9.89. The van der Waals surface area contributed by atoms with Gasteiger partial charge in [-0.25, -0.2) is 0 Å². The van der Waals surface area contributed by atoms with Gasteiger partial charge in [0.25, 0.3) is 0 Å². The van der Waals surface area contributed by atoms with E-state index >= 15 is 0 Å². The minimum absolute atomic E-state index is 0.269. The first-order valence-electron chi connectivity index (χ1n) is 2.76. The zero-order valence-corrected chi connectivity index (χ0v) is 4.98. The van der Waals surface area contributed by atoms with Gasteiger partial charge in [-0.15, -0.1) is 0 Å². The largest absolute Gasteiger partial charge is 0.304 e. The lowest BCUT2D eigenvalue weighted by Gasteiger charge is -1.94. The Morgan fingerprint density at radius 3 is 2.57 bits per heavy atom. The summed E-state index contributed by atoms with van der Waals surface area (Å²) in [5, 5.41) is 0. The van der Waals surface area contributed by atoms with E-state index in [0.29, 0.717) is 0 Å². The van der Waals surface area contributed by atoms with Crippen molar-refractivity contribution in [3.05, 3.63) is 0 Å². The average molecular weight is 98.0 g/mol. The van der Waals surface area contributed by atoms with E-state index in [1.165, 1.54) is 0 Å². The monoisotopic (exact) mass is 98.1 g/mol. The van der Waals surface area contributed by atoms with Gasteiger partial charge in [0.05, 0.1) is 0 Å². The molecule has 0 bridgehead atoms. The number of carbonyl (C=O) groups excluding carboxylic acids is 1. The average Bonchev–Trinajstić information content (AvgIpc) is 1.68. The Morgan fingerprint density at radius 1 is 1.86 bits per heavy atom. The fraction of sp³-hybridized carbons (Fsp3) is 0.800. The van der Waals surface area contributed by atoms with Crippen LogP contribution < -0.4 is 0 Å². The second-order valence-corrected chi connectivity index (χ2v) is 1.90. The number of hydrogen-bond donors (Lipinski definition) is 0. The lowest BCUT2D eigenvalue weighted by molar-refractivity contribution is -0.107. The summed E-state index contributed by atoms with van der Waals surface area (Å²) in [6.07, 6.45) is 3.15. The van der Waals surface area contributed by atoms with E-state index in [2.05, 4.69) is 6.92 Å². The zero-order valence-electron chi connectivity index (χ0n) is 4.98. The second-order valence-electron chi connectivity index (χ2n) is 1.90. The van der Waals surface area contributed by atoms with Gasteiger partial charge >= 0.3 is 0 Å². The molecule has 0 rings (SSSR count). The Hall–Kier alpha value is -0.265. The molecule has 1 atom stereocenters. The molecule has 0 aromatic rings. The molecule has 0 aromatic carbocycles. The fourth-order valence-corrected chi connectivity index (χ4v) is 0.523. The predicted octanol–water partition coefficient (Wildman–Crippen LogP) is 0.407. The number of rotatable bonds is 3. The van der Waals surface area contributed by atoms with Crippen molar-refractivity contribution >= 4 is 14.1 Å². The third-order valence-electron chi connectivity index (χ3n) is 0.976. The maximum atomic E-state index is 9.89. The molecule has 0 heterocycles. The van der Waals surface area contributed by atoms with Gasteiger partial charge in [-0.1, -0.05) is 19.8 Å². The Balaban J connectivity index is 2.98. The molecule has 0 N–H and O–H groups in total. The molecule has 0 amide bonds.